The molecule has 1 aromatic heterocycles. The van der Waals surface area contributed by atoms with Gasteiger partial charge in [0.2, 0.25) is 0 Å². The van der Waals surface area contributed by atoms with E-state index in [4.69, 9.17) is 16.3 Å². The van der Waals surface area contributed by atoms with Crippen LogP contribution in [0, 0.1) is 11.6 Å². The average Bonchev–Trinajstić information content (AvgIpc) is 3.29. The van der Waals surface area contributed by atoms with Crippen LogP contribution in [-0.2, 0) is 6.54 Å². The number of pyridine rings is 1. The molecule has 0 atom stereocenters. The van der Waals surface area contributed by atoms with E-state index in [0.717, 1.165) is 12.8 Å². The molecule has 1 aliphatic carbocycles. The van der Waals surface area contributed by atoms with Crippen LogP contribution < -0.4 is 10.1 Å². The predicted molar refractivity (Wildman–Crippen MR) is 75.5 cm³/mol. The van der Waals surface area contributed by atoms with E-state index in [-0.39, 0.29) is 16.7 Å². The quantitative estimate of drug-likeness (QED) is 0.904. The predicted octanol–water partition coefficient (Wildman–Crippen LogP) is 4.06. The van der Waals surface area contributed by atoms with E-state index in [1.807, 2.05) is 0 Å². The molecule has 3 nitrogen and oxygen atoms in total. The topological polar surface area (TPSA) is 34.1 Å². The van der Waals surface area contributed by atoms with E-state index < -0.39 is 11.6 Å². The molecule has 1 saturated carbocycles. The van der Waals surface area contributed by atoms with Gasteiger partial charge in [0.05, 0.1) is 5.02 Å². The molecule has 6 heteroatoms. The van der Waals surface area contributed by atoms with Crippen molar-refractivity contribution in [3.63, 3.8) is 0 Å². The summed E-state index contributed by atoms with van der Waals surface area (Å²) < 4.78 is 33.3. The standard InChI is InChI=1S/C15H13ClF2N2O/c16-11-2-1-3-12(14(11)18)21-15-13(17)9(6-7-19-15)8-20-10-4-5-10/h1-3,6-7,10,20H,4-5,8H2. The molecule has 0 amide bonds. The van der Waals surface area contributed by atoms with Crippen molar-refractivity contribution in [3.05, 3.63) is 52.7 Å². The molecule has 3 rings (SSSR count). The summed E-state index contributed by atoms with van der Waals surface area (Å²) >= 11 is 5.66. The van der Waals surface area contributed by atoms with Gasteiger partial charge in [0.15, 0.2) is 17.4 Å². The molecule has 1 heterocycles. The number of ether oxygens (including phenoxy) is 1. The van der Waals surface area contributed by atoms with Crippen molar-refractivity contribution in [1.29, 1.82) is 0 Å². The van der Waals surface area contributed by atoms with Crippen LogP contribution in [-0.4, -0.2) is 11.0 Å². The number of halogens is 3. The summed E-state index contributed by atoms with van der Waals surface area (Å²) in [5, 5.41) is 3.12. The SMILES string of the molecule is Fc1c(Cl)cccc1Oc1nccc(CNC2CC2)c1F. The lowest BCUT2D eigenvalue weighted by atomic mass is 10.2. The summed E-state index contributed by atoms with van der Waals surface area (Å²) in [6, 6.07) is 6.33. The molecular weight excluding hydrogens is 298 g/mol. The Bertz CT molecular complexity index is 662. The summed E-state index contributed by atoms with van der Waals surface area (Å²) in [4.78, 5) is 3.81. The molecule has 0 radical (unpaired) electrons. The summed E-state index contributed by atoms with van der Waals surface area (Å²) in [6.07, 6.45) is 3.67. The molecule has 21 heavy (non-hydrogen) atoms. The minimum Gasteiger partial charge on any atom is -0.433 e. The highest BCUT2D eigenvalue weighted by Gasteiger charge is 2.21. The highest BCUT2D eigenvalue weighted by molar-refractivity contribution is 6.30. The zero-order chi connectivity index (χ0) is 14.8. The minimum absolute atomic E-state index is 0.0838. The van der Waals surface area contributed by atoms with Crippen LogP contribution in [0.3, 0.4) is 0 Å². The fourth-order valence-electron chi connectivity index (χ4n) is 1.88. The zero-order valence-electron chi connectivity index (χ0n) is 11.1. The van der Waals surface area contributed by atoms with Crippen molar-refractivity contribution in [2.24, 2.45) is 0 Å². The Morgan fingerprint density at radius 3 is 2.81 bits per heavy atom. The maximum absolute atomic E-state index is 14.3. The van der Waals surface area contributed by atoms with Crippen LogP contribution in [0.15, 0.2) is 30.5 Å². The number of nitrogens with one attached hydrogen (secondary N) is 1. The second kappa shape index (κ2) is 5.95. The molecule has 1 fully saturated rings. The fourth-order valence-corrected chi connectivity index (χ4v) is 2.04. The molecule has 0 bridgehead atoms. The molecule has 0 aliphatic heterocycles. The van der Waals surface area contributed by atoms with Crippen molar-refractivity contribution in [3.8, 4) is 11.6 Å². The normalized spacial score (nSPS) is 14.2. The van der Waals surface area contributed by atoms with E-state index in [1.54, 1.807) is 6.07 Å². The number of hydrogen-bond acceptors (Lipinski definition) is 3. The lowest BCUT2D eigenvalue weighted by molar-refractivity contribution is 0.394. The fraction of sp³-hybridized carbons (Fsp3) is 0.267. The Morgan fingerprint density at radius 2 is 2.05 bits per heavy atom. The summed E-state index contributed by atoms with van der Waals surface area (Å²) in [7, 11) is 0. The van der Waals surface area contributed by atoms with Crippen molar-refractivity contribution in [2.75, 3.05) is 0 Å². The molecule has 110 valence electrons. The lowest BCUT2D eigenvalue weighted by Gasteiger charge is -2.10. The Morgan fingerprint density at radius 1 is 1.24 bits per heavy atom. The van der Waals surface area contributed by atoms with Crippen molar-refractivity contribution < 1.29 is 13.5 Å². The second-order valence-electron chi connectivity index (χ2n) is 4.90. The Labute approximate surface area is 125 Å². The van der Waals surface area contributed by atoms with E-state index in [2.05, 4.69) is 10.3 Å². The third-order valence-corrected chi connectivity index (χ3v) is 3.51. The number of nitrogens with zero attached hydrogens (tertiary/aromatic N) is 1. The monoisotopic (exact) mass is 310 g/mol. The largest absolute Gasteiger partial charge is 0.433 e. The van der Waals surface area contributed by atoms with Gasteiger partial charge >= 0.3 is 0 Å². The number of benzene rings is 1. The van der Waals surface area contributed by atoms with Crippen LogP contribution in [0.1, 0.15) is 18.4 Å². The highest BCUT2D eigenvalue weighted by atomic mass is 35.5. The van der Waals surface area contributed by atoms with Crippen molar-refractivity contribution >= 4 is 11.6 Å². The third kappa shape index (κ3) is 3.31. The Hall–Kier alpha value is -1.72. The highest BCUT2D eigenvalue weighted by Crippen LogP contribution is 2.30. The van der Waals surface area contributed by atoms with Crippen LogP contribution in [0.4, 0.5) is 8.78 Å². The summed E-state index contributed by atoms with van der Waals surface area (Å²) in [5.41, 5.74) is 0.439. The van der Waals surface area contributed by atoms with Gasteiger partial charge in [-0.3, -0.25) is 0 Å². The molecule has 2 aromatic rings. The second-order valence-corrected chi connectivity index (χ2v) is 5.31. The van der Waals surface area contributed by atoms with Gasteiger partial charge in [-0.15, -0.1) is 0 Å². The molecule has 0 unspecified atom stereocenters. The molecule has 0 spiro atoms. The Kier molecular flexibility index (Phi) is 4.03. The van der Waals surface area contributed by atoms with E-state index in [1.165, 1.54) is 24.4 Å². The number of rotatable bonds is 5. The first-order chi connectivity index (χ1) is 10.1. The number of aromatic nitrogens is 1. The van der Waals surface area contributed by atoms with Gasteiger partial charge in [0.1, 0.15) is 0 Å². The van der Waals surface area contributed by atoms with Gasteiger partial charge in [-0.2, -0.15) is 0 Å². The van der Waals surface area contributed by atoms with Gasteiger partial charge in [-0.25, -0.2) is 13.8 Å². The number of hydrogen-bond donors (Lipinski definition) is 1. The molecular formula is C15H13ClF2N2O. The van der Waals surface area contributed by atoms with Crippen molar-refractivity contribution in [1.82, 2.24) is 10.3 Å². The molecule has 1 N–H and O–H groups in total. The Balaban J connectivity index is 1.81. The van der Waals surface area contributed by atoms with Gasteiger partial charge < -0.3 is 10.1 Å². The first-order valence-electron chi connectivity index (χ1n) is 6.64. The van der Waals surface area contributed by atoms with Gasteiger partial charge in [0, 0.05) is 24.3 Å². The molecule has 1 aliphatic rings. The smallest absolute Gasteiger partial charge is 0.256 e. The molecule has 1 aromatic carbocycles. The maximum Gasteiger partial charge on any atom is 0.256 e. The van der Waals surface area contributed by atoms with Crippen LogP contribution in [0.5, 0.6) is 11.6 Å². The summed E-state index contributed by atoms with van der Waals surface area (Å²) in [5.74, 6) is -1.74. The van der Waals surface area contributed by atoms with Crippen LogP contribution >= 0.6 is 11.6 Å². The summed E-state index contributed by atoms with van der Waals surface area (Å²) in [6.45, 7) is 0.396. The minimum atomic E-state index is -0.734. The maximum atomic E-state index is 14.3. The first-order valence-corrected chi connectivity index (χ1v) is 7.01. The zero-order valence-corrected chi connectivity index (χ0v) is 11.8. The van der Waals surface area contributed by atoms with Gasteiger partial charge in [0.25, 0.3) is 5.88 Å². The van der Waals surface area contributed by atoms with Crippen molar-refractivity contribution in [2.45, 2.75) is 25.4 Å². The first kappa shape index (κ1) is 14.2. The van der Waals surface area contributed by atoms with E-state index in [9.17, 15) is 8.78 Å². The van der Waals surface area contributed by atoms with E-state index >= 15 is 0 Å². The van der Waals surface area contributed by atoms with Gasteiger partial charge in [-0.05, 0) is 31.0 Å². The van der Waals surface area contributed by atoms with Crippen LogP contribution in [0.2, 0.25) is 5.02 Å². The lowest BCUT2D eigenvalue weighted by Crippen LogP contribution is -2.16. The molecule has 0 saturated heterocycles. The van der Waals surface area contributed by atoms with E-state index in [0.29, 0.717) is 18.2 Å². The van der Waals surface area contributed by atoms with Gasteiger partial charge in [-0.1, -0.05) is 17.7 Å². The average molecular weight is 311 g/mol. The van der Waals surface area contributed by atoms with Crippen LogP contribution in [0.25, 0.3) is 0 Å². The third-order valence-electron chi connectivity index (χ3n) is 3.22.